The topological polar surface area (TPSA) is 9.23 Å². The van der Waals surface area contributed by atoms with Gasteiger partial charge in [-0.25, -0.2) is 0 Å². The number of para-hydroxylation sites is 1. The Balaban J connectivity index is 0.000000145. The van der Waals surface area contributed by atoms with E-state index in [1.54, 1.807) is 0 Å². The van der Waals surface area contributed by atoms with Gasteiger partial charge in [-0.3, -0.25) is 0 Å². The summed E-state index contributed by atoms with van der Waals surface area (Å²) >= 11 is 0. The van der Waals surface area contributed by atoms with E-state index in [0.717, 1.165) is 19.9 Å². The number of allylic oxidation sites excluding steroid dienone is 5. The molecular formula is C27H25OP. The minimum absolute atomic E-state index is 0.122. The number of rotatable bonds is 2. The monoisotopic (exact) mass is 396 g/mol. The fourth-order valence-electron chi connectivity index (χ4n) is 3.36. The van der Waals surface area contributed by atoms with Crippen molar-refractivity contribution in [1.29, 1.82) is 0 Å². The van der Waals surface area contributed by atoms with Gasteiger partial charge in [0.05, 0.1) is 6.26 Å². The van der Waals surface area contributed by atoms with Crippen molar-refractivity contribution in [2.75, 3.05) is 0 Å². The van der Waals surface area contributed by atoms with Crippen LogP contribution in [0.15, 0.2) is 115 Å². The first kappa shape index (κ1) is 19.4. The molecule has 0 saturated carbocycles. The fourth-order valence-corrected chi connectivity index (χ4v) is 4.41. The van der Waals surface area contributed by atoms with Crippen molar-refractivity contribution in [2.24, 2.45) is 5.41 Å². The lowest BCUT2D eigenvalue weighted by Crippen LogP contribution is -2.12. The SMILES string of the molecule is CC1(C)C=CC2=COc3ccccc3C2=C1.c1ccc(Pc2ccccc2)cc1. The first-order chi connectivity index (χ1) is 14.1. The molecule has 1 heterocycles. The highest BCUT2D eigenvalue weighted by Crippen LogP contribution is 2.41. The number of hydrogen-bond acceptors (Lipinski definition) is 1. The van der Waals surface area contributed by atoms with Crippen LogP contribution >= 0.6 is 8.58 Å². The summed E-state index contributed by atoms with van der Waals surface area (Å²) in [4.78, 5) is 0. The summed E-state index contributed by atoms with van der Waals surface area (Å²) in [5.74, 6) is 0.948. The van der Waals surface area contributed by atoms with E-state index < -0.39 is 0 Å². The van der Waals surface area contributed by atoms with E-state index in [1.165, 1.54) is 21.7 Å². The van der Waals surface area contributed by atoms with E-state index >= 15 is 0 Å². The molecule has 0 radical (unpaired) electrons. The van der Waals surface area contributed by atoms with Gasteiger partial charge in [0.2, 0.25) is 0 Å². The van der Waals surface area contributed by atoms with E-state index in [9.17, 15) is 0 Å². The van der Waals surface area contributed by atoms with Gasteiger partial charge in [-0.15, -0.1) is 0 Å². The molecule has 2 heteroatoms. The van der Waals surface area contributed by atoms with Crippen LogP contribution in [0.3, 0.4) is 0 Å². The molecule has 0 N–H and O–H groups in total. The second-order valence-electron chi connectivity index (χ2n) is 7.76. The molecule has 5 rings (SSSR count). The molecule has 0 amide bonds. The van der Waals surface area contributed by atoms with Crippen molar-refractivity contribution in [3.8, 4) is 5.75 Å². The largest absolute Gasteiger partial charge is 0.464 e. The molecule has 0 aromatic heterocycles. The highest BCUT2D eigenvalue weighted by atomic mass is 31.1. The van der Waals surface area contributed by atoms with Crippen molar-refractivity contribution in [1.82, 2.24) is 0 Å². The molecule has 29 heavy (non-hydrogen) atoms. The molecule has 0 atom stereocenters. The van der Waals surface area contributed by atoms with Crippen LogP contribution in [0.1, 0.15) is 19.4 Å². The van der Waals surface area contributed by atoms with E-state index in [1.807, 2.05) is 18.4 Å². The van der Waals surface area contributed by atoms with E-state index in [4.69, 9.17) is 4.74 Å². The Kier molecular flexibility index (Phi) is 5.79. The summed E-state index contributed by atoms with van der Waals surface area (Å²) in [6.45, 7) is 4.43. The van der Waals surface area contributed by atoms with Crippen molar-refractivity contribution >= 4 is 24.8 Å². The van der Waals surface area contributed by atoms with Crippen LogP contribution in [0.2, 0.25) is 0 Å². The summed E-state index contributed by atoms with van der Waals surface area (Å²) in [5, 5.41) is 2.79. The normalized spacial score (nSPS) is 15.5. The molecule has 0 bridgehead atoms. The van der Waals surface area contributed by atoms with Gasteiger partial charge in [0.15, 0.2) is 0 Å². The summed E-state index contributed by atoms with van der Waals surface area (Å²) in [6.07, 6.45) is 8.49. The predicted molar refractivity (Wildman–Crippen MR) is 127 cm³/mol. The zero-order chi connectivity index (χ0) is 20.1. The first-order valence-corrected chi connectivity index (χ1v) is 10.9. The lowest BCUT2D eigenvalue weighted by atomic mass is 9.80. The van der Waals surface area contributed by atoms with Gasteiger partial charge in [-0.05, 0) is 22.2 Å². The highest BCUT2D eigenvalue weighted by molar-refractivity contribution is 7.55. The molecule has 0 saturated heterocycles. The molecule has 1 aliphatic heterocycles. The lowest BCUT2D eigenvalue weighted by molar-refractivity contribution is 0.471. The maximum atomic E-state index is 5.61. The van der Waals surface area contributed by atoms with Crippen molar-refractivity contribution < 1.29 is 4.74 Å². The Bertz CT molecular complexity index is 1020. The van der Waals surface area contributed by atoms with E-state index in [-0.39, 0.29) is 5.41 Å². The molecule has 3 aromatic rings. The molecule has 2 aliphatic rings. The van der Waals surface area contributed by atoms with Crippen LogP contribution in [0, 0.1) is 5.41 Å². The minimum Gasteiger partial charge on any atom is -0.464 e. The van der Waals surface area contributed by atoms with Gasteiger partial charge in [0.25, 0.3) is 0 Å². The summed E-state index contributed by atoms with van der Waals surface area (Å²) in [7, 11) is 0.777. The first-order valence-electron chi connectivity index (χ1n) is 9.87. The third kappa shape index (κ3) is 4.94. The third-order valence-corrected chi connectivity index (χ3v) is 6.09. The Morgan fingerprint density at radius 2 is 1.31 bits per heavy atom. The van der Waals surface area contributed by atoms with Gasteiger partial charge in [0.1, 0.15) is 5.75 Å². The van der Waals surface area contributed by atoms with Crippen LogP contribution < -0.4 is 15.3 Å². The molecule has 1 nitrogen and oxygen atoms in total. The minimum atomic E-state index is 0.122. The molecule has 144 valence electrons. The third-order valence-electron chi connectivity index (χ3n) is 4.85. The summed E-state index contributed by atoms with van der Waals surface area (Å²) < 4.78 is 5.61. The Morgan fingerprint density at radius 3 is 1.97 bits per heavy atom. The zero-order valence-electron chi connectivity index (χ0n) is 16.8. The average molecular weight is 396 g/mol. The van der Waals surface area contributed by atoms with Crippen LogP contribution in [0.4, 0.5) is 0 Å². The van der Waals surface area contributed by atoms with Crippen LogP contribution in [-0.4, -0.2) is 0 Å². The molecule has 0 spiro atoms. The summed E-state index contributed by atoms with van der Waals surface area (Å²) in [5.41, 5.74) is 3.77. The van der Waals surface area contributed by atoms with E-state index in [0.29, 0.717) is 0 Å². The quantitative estimate of drug-likeness (QED) is 0.465. The average Bonchev–Trinajstić information content (AvgIpc) is 2.75. The smallest absolute Gasteiger partial charge is 0.134 e. The maximum Gasteiger partial charge on any atom is 0.134 e. The van der Waals surface area contributed by atoms with Crippen LogP contribution in [0.5, 0.6) is 5.75 Å². The van der Waals surface area contributed by atoms with Gasteiger partial charge in [-0.2, -0.15) is 0 Å². The fraction of sp³-hybridized carbons (Fsp3) is 0.111. The lowest BCUT2D eigenvalue weighted by Gasteiger charge is -2.27. The molecule has 0 fully saturated rings. The number of hydrogen-bond donors (Lipinski definition) is 0. The Hall–Kier alpha value is -2.89. The van der Waals surface area contributed by atoms with Crippen LogP contribution in [-0.2, 0) is 0 Å². The maximum absolute atomic E-state index is 5.61. The van der Waals surface area contributed by atoms with Crippen molar-refractivity contribution in [3.05, 3.63) is 121 Å². The summed E-state index contributed by atoms with van der Waals surface area (Å²) in [6, 6.07) is 29.3. The standard InChI is InChI=1S/C15H14O.C12H11P/c1-15(2)8-7-11-10-16-14-6-4-3-5-12(14)13(11)9-15;1-3-7-11(8-4-1)13-12-9-5-2-6-10-12/h3-10H,1-2H3;1-10,13H. The van der Waals surface area contributed by atoms with Crippen molar-refractivity contribution in [3.63, 3.8) is 0 Å². The molecule has 1 aliphatic carbocycles. The van der Waals surface area contributed by atoms with Gasteiger partial charge in [0, 0.05) is 16.6 Å². The zero-order valence-corrected chi connectivity index (χ0v) is 17.8. The Morgan fingerprint density at radius 1 is 0.724 bits per heavy atom. The van der Waals surface area contributed by atoms with Gasteiger partial charge < -0.3 is 4.74 Å². The second-order valence-corrected chi connectivity index (χ2v) is 9.16. The van der Waals surface area contributed by atoms with Crippen molar-refractivity contribution in [2.45, 2.75) is 13.8 Å². The Labute approximate surface area is 175 Å². The number of benzene rings is 3. The molecule has 3 aromatic carbocycles. The highest BCUT2D eigenvalue weighted by Gasteiger charge is 2.23. The number of ether oxygens (including phenoxy) is 1. The molecular weight excluding hydrogens is 371 g/mol. The molecule has 0 unspecified atom stereocenters. The second kappa shape index (κ2) is 8.64. The number of fused-ring (bicyclic) bond motifs is 3. The van der Waals surface area contributed by atoms with E-state index in [2.05, 4.69) is 105 Å². The van der Waals surface area contributed by atoms with Gasteiger partial charge >= 0.3 is 0 Å². The predicted octanol–water partition coefficient (Wildman–Crippen LogP) is 6.26. The van der Waals surface area contributed by atoms with Gasteiger partial charge in [-0.1, -0.05) is 120 Å². The van der Waals surface area contributed by atoms with Crippen LogP contribution in [0.25, 0.3) is 5.57 Å².